The molecule has 0 atom stereocenters. The molecule has 2 aromatic carbocycles. The molecule has 0 fully saturated rings. The molecule has 0 saturated heterocycles. The van der Waals surface area contributed by atoms with E-state index in [9.17, 15) is 10.2 Å². The number of halogens is 1. The van der Waals surface area contributed by atoms with Crippen molar-refractivity contribution in [1.29, 1.82) is 0 Å². The topological polar surface area (TPSA) is 40.5 Å². The van der Waals surface area contributed by atoms with Crippen LogP contribution in [0.2, 0.25) is 5.02 Å². The van der Waals surface area contributed by atoms with Gasteiger partial charge in [-0.05, 0) is 36.6 Å². The van der Waals surface area contributed by atoms with Gasteiger partial charge in [0.25, 0.3) is 0 Å². The Hall–Kier alpha value is -1.35. The van der Waals surface area contributed by atoms with Gasteiger partial charge in [-0.2, -0.15) is 0 Å². The average Bonchev–Trinajstić information content (AvgIpc) is 2.48. The lowest BCUT2D eigenvalue weighted by atomic mass is 9.76. The van der Waals surface area contributed by atoms with Crippen LogP contribution < -0.4 is 0 Å². The molecule has 0 heterocycles. The number of aliphatic hydroxyl groups excluding tert-OH is 2. The Morgan fingerprint density at radius 3 is 1.95 bits per heavy atom. The Bertz CT molecular complexity index is 542. The molecule has 0 amide bonds. The predicted molar refractivity (Wildman–Crippen MR) is 82.2 cm³/mol. The molecule has 0 saturated carbocycles. The highest BCUT2D eigenvalue weighted by atomic mass is 35.5. The summed E-state index contributed by atoms with van der Waals surface area (Å²) in [6.45, 7) is 1.81. The minimum atomic E-state index is -0.665. The Morgan fingerprint density at radius 2 is 1.45 bits per heavy atom. The zero-order valence-corrected chi connectivity index (χ0v) is 12.3. The summed E-state index contributed by atoms with van der Waals surface area (Å²) in [6.07, 6.45) is 0.570. The third-order valence-corrected chi connectivity index (χ3v) is 3.98. The van der Waals surface area contributed by atoms with Gasteiger partial charge in [0, 0.05) is 10.4 Å². The Kier molecular flexibility index (Phi) is 4.81. The van der Waals surface area contributed by atoms with Crippen molar-refractivity contribution in [2.75, 3.05) is 13.2 Å². The first kappa shape index (κ1) is 15.0. The van der Waals surface area contributed by atoms with E-state index in [0.717, 1.165) is 16.7 Å². The third-order valence-electron chi connectivity index (χ3n) is 3.73. The van der Waals surface area contributed by atoms with E-state index in [1.165, 1.54) is 0 Å². The maximum atomic E-state index is 9.83. The number of rotatable bonds is 5. The normalized spacial score (nSPS) is 11.6. The second-order valence-corrected chi connectivity index (χ2v) is 5.70. The van der Waals surface area contributed by atoms with Crippen LogP contribution in [0.25, 0.3) is 0 Å². The SMILES string of the molecule is Cc1ccc(C(CO)(CO)Cc2ccc(Cl)cc2)cc1. The molecule has 2 rings (SSSR count). The second-order valence-electron chi connectivity index (χ2n) is 5.27. The van der Waals surface area contributed by atoms with Crippen molar-refractivity contribution >= 4 is 11.6 Å². The van der Waals surface area contributed by atoms with Gasteiger partial charge in [0.2, 0.25) is 0 Å². The first-order valence-corrected chi connectivity index (χ1v) is 7.01. The van der Waals surface area contributed by atoms with E-state index in [-0.39, 0.29) is 13.2 Å². The van der Waals surface area contributed by atoms with Crippen LogP contribution in [0.1, 0.15) is 16.7 Å². The molecule has 0 aromatic heterocycles. The monoisotopic (exact) mass is 290 g/mol. The summed E-state index contributed by atoms with van der Waals surface area (Å²) in [7, 11) is 0. The molecule has 0 spiro atoms. The zero-order chi connectivity index (χ0) is 14.6. The lowest BCUT2D eigenvalue weighted by molar-refractivity contribution is 0.116. The lowest BCUT2D eigenvalue weighted by Gasteiger charge is -2.30. The summed E-state index contributed by atoms with van der Waals surface area (Å²) in [5, 5.41) is 20.3. The molecule has 0 aliphatic rings. The van der Waals surface area contributed by atoms with Gasteiger partial charge in [-0.1, -0.05) is 53.6 Å². The van der Waals surface area contributed by atoms with Crippen molar-refractivity contribution in [3.8, 4) is 0 Å². The summed E-state index contributed by atoms with van der Waals surface area (Å²) in [5.74, 6) is 0. The molecule has 0 aliphatic carbocycles. The summed E-state index contributed by atoms with van der Waals surface area (Å²) in [5.41, 5.74) is 2.48. The molecule has 0 radical (unpaired) electrons. The summed E-state index contributed by atoms with van der Waals surface area (Å²) >= 11 is 5.89. The summed E-state index contributed by atoms with van der Waals surface area (Å²) in [4.78, 5) is 0. The first-order chi connectivity index (χ1) is 9.59. The molecular weight excluding hydrogens is 272 g/mol. The summed E-state index contributed by atoms with van der Waals surface area (Å²) in [6, 6.07) is 15.4. The molecule has 2 N–H and O–H groups in total. The minimum absolute atomic E-state index is 0.102. The number of benzene rings is 2. The van der Waals surface area contributed by atoms with Crippen molar-refractivity contribution < 1.29 is 10.2 Å². The van der Waals surface area contributed by atoms with E-state index in [4.69, 9.17) is 11.6 Å². The number of aryl methyl sites for hydroxylation is 1. The van der Waals surface area contributed by atoms with Crippen LogP contribution in [0.4, 0.5) is 0 Å². The highest BCUT2D eigenvalue weighted by Gasteiger charge is 2.31. The van der Waals surface area contributed by atoms with Crippen LogP contribution in [0.3, 0.4) is 0 Å². The van der Waals surface area contributed by atoms with Crippen LogP contribution in [0.5, 0.6) is 0 Å². The standard InChI is InChI=1S/C17H19ClO2/c1-13-2-6-15(7-3-13)17(11-19,12-20)10-14-4-8-16(18)9-5-14/h2-9,19-20H,10-12H2,1H3. The Morgan fingerprint density at radius 1 is 0.900 bits per heavy atom. The second kappa shape index (κ2) is 6.40. The summed E-state index contributed by atoms with van der Waals surface area (Å²) < 4.78 is 0. The van der Waals surface area contributed by atoms with E-state index in [0.29, 0.717) is 11.4 Å². The van der Waals surface area contributed by atoms with E-state index in [1.807, 2.05) is 55.5 Å². The maximum Gasteiger partial charge on any atom is 0.0553 e. The van der Waals surface area contributed by atoms with E-state index in [1.54, 1.807) is 0 Å². The minimum Gasteiger partial charge on any atom is -0.395 e. The third kappa shape index (κ3) is 3.21. The van der Waals surface area contributed by atoms with Crippen LogP contribution >= 0.6 is 11.6 Å². The number of hydrogen-bond donors (Lipinski definition) is 2. The largest absolute Gasteiger partial charge is 0.395 e. The molecule has 20 heavy (non-hydrogen) atoms. The molecule has 0 bridgehead atoms. The van der Waals surface area contributed by atoms with Gasteiger partial charge in [-0.25, -0.2) is 0 Å². The van der Waals surface area contributed by atoms with Crippen molar-refractivity contribution in [3.05, 3.63) is 70.2 Å². The fraction of sp³-hybridized carbons (Fsp3) is 0.294. The molecule has 3 heteroatoms. The molecule has 106 valence electrons. The van der Waals surface area contributed by atoms with Gasteiger partial charge in [0.05, 0.1) is 13.2 Å². The van der Waals surface area contributed by atoms with Gasteiger partial charge in [0.1, 0.15) is 0 Å². The van der Waals surface area contributed by atoms with Crippen LogP contribution in [-0.4, -0.2) is 23.4 Å². The Balaban J connectivity index is 2.33. The van der Waals surface area contributed by atoms with E-state index < -0.39 is 5.41 Å². The maximum absolute atomic E-state index is 9.83. The molecule has 0 aliphatic heterocycles. The number of hydrogen-bond acceptors (Lipinski definition) is 2. The zero-order valence-electron chi connectivity index (χ0n) is 11.5. The fourth-order valence-electron chi connectivity index (χ4n) is 2.35. The van der Waals surface area contributed by atoms with Gasteiger partial charge >= 0.3 is 0 Å². The van der Waals surface area contributed by atoms with E-state index in [2.05, 4.69) is 0 Å². The fourth-order valence-corrected chi connectivity index (χ4v) is 2.47. The van der Waals surface area contributed by atoms with Crippen LogP contribution in [0, 0.1) is 6.92 Å². The van der Waals surface area contributed by atoms with E-state index >= 15 is 0 Å². The van der Waals surface area contributed by atoms with Gasteiger partial charge in [0.15, 0.2) is 0 Å². The van der Waals surface area contributed by atoms with Crippen LogP contribution in [0.15, 0.2) is 48.5 Å². The van der Waals surface area contributed by atoms with Crippen molar-refractivity contribution in [3.63, 3.8) is 0 Å². The molecule has 0 unspecified atom stereocenters. The van der Waals surface area contributed by atoms with Crippen molar-refractivity contribution in [1.82, 2.24) is 0 Å². The quantitative estimate of drug-likeness (QED) is 0.888. The van der Waals surface area contributed by atoms with Crippen molar-refractivity contribution in [2.24, 2.45) is 0 Å². The predicted octanol–water partition coefficient (Wildman–Crippen LogP) is 3.11. The molecule has 2 nitrogen and oxygen atoms in total. The number of aliphatic hydroxyl groups is 2. The van der Waals surface area contributed by atoms with Gasteiger partial charge in [-0.3, -0.25) is 0 Å². The molecular formula is C17H19ClO2. The first-order valence-electron chi connectivity index (χ1n) is 6.63. The highest BCUT2D eigenvalue weighted by Crippen LogP contribution is 2.28. The van der Waals surface area contributed by atoms with Crippen molar-refractivity contribution in [2.45, 2.75) is 18.8 Å². The highest BCUT2D eigenvalue weighted by molar-refractivity contribution is 6.30. The van der Waals surface area contributed by atoms with Gasteiger partial charge in [-0.15, -0.1) is 0 Å². The van der Waals surface area contributed by atoms with Gasteiger partial charge < -0.3 is 10.2 Å². The molecule has 2 aromatic rings. The average molecular weight is 291 g/mol. The lowest BCUT2D eigenvalue weighted by Crippen LogP contribution is -2.37. The van der Waals surface area contributed by atoms with Crippen LogP contribution in [-0.2, 0) is 11.8 Å². The Labute approximate surface area is 124 Å². The smallest absolute Gasteiger partial charge is 0.0553 e.